The van der Waals surface area contributed by atoms with Gasteiger partial charge >= 0.3 is 0 Å². The maximum absolute atomic E-state index is 11.9. The van der Waals surface area contributed by atoms with Crippen LogP contribution in [-0.4, -0.2) is 5.78 Å². The maximum Gasteiger partial charge on any atom is 0.162 e. The second-order valence-electron chi connectivity index (χ2n) is 5.90. The van der Waals surface area contributed by atoms with E-state index in [4.69, 9.17) is 0 Å². The summed E-state index contributed by atoms with van der Waals surface area (Å²) in [5.41, 5.74) is 2.29. The molecule has 0 unspecified atom stereocenters. The van der Waals surface area contributed by atoms with Crippen LogP contribution in [0.25, 0.3) is 0 Å². The van der Waals surface area contributed by atoms with Gasteiger partial charge in [0.05, 0.1) is 0 Å². The number of aryl methyl sites for hydroxylation is 1. The average molecular weight is 294 g/mol. The molecule has 2 aromatic carbocycles. The van der Waals surface area contributed by atoms with Gasteiger partial charge in [0.15, 0.2) is 5.78 Å². The summed E-state index contributed by atoms with van der Waals surface area (Å²) in [5, 5.41) is 0. The Balaban J connectivity index is 1.47. The zero-order valence-electron chi connectivity index (χ0n) is 13.3. The third kappa shape index (κ3) is 6.26. The molecule has 0 fully saturated rings. The van der Waals surface area contributed by atoms with E-state index >= 15 is 0 Å². The highest BCUT2D eigenvalue weighted by Crippen LogP contribution is 2.12. The Morgan fingerprint density at radius 2 is 1.18 bits per heavy atom. The molecule has 1 heteroatoms. The second-order valence-corrected chi connectivity index (χ2v) is 5.90. The molecule has 0 saturated carbocycles. The fourth-order valence-corrected chi connectivity index (χ4v) is 2.73. The van der Waals surface area contributed by atoms with Crippen LogP contribution in [0.5, 0.6) is 0 Å². The first-order valence-corrected chi connectivity index (χ1v) is 8.48. The highest BCUT2D eigenvalue weighted by molar-refractivity contribution is 5.95. The zero-order valence-corrected chi connectivity index (χ0v) is 13.3. The van der Waals surface area contributed by atoms with Gasteiger partial charge in [0, 0.05) is 12.0 Å². The molecular weight excluding hydrogens is 268 g/mol. The van der Waals surface area contributed by atoms with Crippen LogP contribution in [0.1, 0.15) is 60.9 Å². The van der Waals surface area contributed by atoms with Gasteiger partial charge in [0.1, 0.15) is 0 Å². The van der Waals surface area contributed by atoms with Gasteiger partial charge in [-0.15, -0.1) is 0 Å². The van der Waals surface area contributed by atoms with Crippen molar-refractivity contribution in [2.75, 3.05) is 0 Å². The molecule has 0 aliphatic rings. The summed E-state index contributed by atoms with van der Waals surface area (Å²) in [7, 11) is 0. The van der Waals surface area contributed by atoms with Gasteiger partial charge < -0.3 is 0 Å². The average Bonchev–Trinajstić information content (AvgIpc) is 2.59. The molecule has 0 amide bonds. The molecule has 2 aromatic rings. The van der Waals surface area contributed by atoms with Crippen LogP contribution in [0.2, 0.25) is 0 Å². The van der Waals surface area contributed by atoms with Crippen LogP contribution >= 0.6 is 0 Å². The summed E-state index contributed by atoms with van der Waals surface area (Å²) < 4.78 is 0. The third-order valence-electron chi connectivity index (χ3n) is 4.06. The van der Waals surface area contributed by atoms with Crippen molar-refractivity contribution in [2.45, 2.75) is 51.4 Å². The fourth-order valence-electron chi connectivity index (χ4n) is 2.73. The first-order valence-electron chi connectivity index (χ1n) is 8.48. The molecule has 0 atom stereocenters. The Labute approximate surface area is 134 Å². The number of ketones is 1. The molecule has 0 heterocycles. The predicted octanol–water partition coefficient (Wildman–Crippen LogP) is 5.84. The van der Waals surface area contributed by atoms with Crippen LogP contribution in [0, 0.1) is 0 Å². The quantitative estimate of drug-likeness (QED) is 0.397. The molecule has 0 aliphatic carbocycles. The topological polar surface area (TPSA) is 17.1 Å². The number of Topliss-reactive ketones (excluding diaryl/α,β-unsaturated/α-hetero) is 1. The molecule has 0 N–H and O–H groups in total. The van der Waals surface area contributed by atoms with Crippen LogP contribution in [0.4, 0.5) is 0 Å². The van der Waals surface area contributed by atoms with E-state index in [0.717, 1.165) is 12.0 Å². The van der Waals surface area contributed by atoms with Crippen molar-refractivity contribution >= 4 is 5.78 Å². The fraction of sp³-hybridized carbons (Fsp3) is 0.381. The number of rotatable bonds is 10. The van der Waals surface area contributed by atoms with E-state index in [1.54, 1.807) is 0 Å². The predicted molar refractivity (Wildman–Crippen MR) is 93.2 cm³/mol. The minimum absolute atomic E-state index is 0.282. The van der Waals surface area contributed by atoms with Gasteiger partial charge in [-0.05, 0) is 24.8 Å². The van der Waals surface area contributed by atoms with Crippen LogP contribution in [0.15, 0.2) is 60.7 Å². The molecule has 0 aliphatic heterocycles. The van der Waals surface area contributed by atoms with Crippen LogP contribution < -0.4 is 0 Å². The monoisotopic (exact) mass is 294 g/mol. The lowest BCUT2D eigenvalue weighted by Gasteiger charge is -2.03. The Morgan fingerprint density at radius 3 is 1.86 bits per heavy atom. The number of unbranched alkanes of at least 4 members (excludes halogenated alkanes) is 5. The van der Waals surface area contributed by atoms with E-state index in [1.807, 2.05) is 30.3 Å². The molecule has 0 bridgehead atoms. The molecule has 2 rings (SSSR count). The van der Waals surface area contributed by atoms with Crippen molar-refractivity contribution in [2.24, 2.45) is 0 Å². The van der Waals surface area contributed by atoms with E-state index in [-0.39, 0.29) is 5.78 Å². The van der Waals surface area contributed by atoms with E-state index in [0.29, 0.717) is 6.42 Å². The Bertz CT molecular complexity index is 530. The highest BCUT2D eigenvalue weighted by atomic mass is 16.1. The molecule has 0 aromatic heterocycles. The maximum atomic E-state index is 11.9. The summed E-state index contributed by atoms with van der Waals surface area (Å²) in [4.78, 5) is 11.9. The molecular formula is C21H26O. The van der Waals surface area contributed by atoms with Gasteiger partial charge in [-0.2, -0.15) is 0 Å². The molecule has 0 radical (unpaired) electrons. The van der Waals surface area contributed by atoms with Crippen molar-refractivity contribution in [3.63, 3.8) is 0 Å². The SMILES string of the molecule is O=C(CCCCCCCCc1ccccc1)c1ccccc1. The number of hydrogen-bond acceptors (Lipinski definition) is 1. The standard InChI is InChI=1S/C21H26O/c22-21(20-16-10-6-11-17-20)18-12-4-2-1-3-7-13-19-14-8-5-9-15-19/h5-6,8-11,14-17H,1-4,7,12-13,18H2. The zero-order chi connectivity index (χ0) is 15.5. The number of benzene rings is 2. The van der Waals surface area contributed by atoms with E-state index in [1.165, 1.54) is 44.1 Å². The van der Waals surface area contributed by atoms with Gasteiger partial charge in [0.2, 0.25) is 0 Å². The molecule has 1 nitrogen and oxygen atoms in total. The second kappa shape index (κ2) is 9.94. The van der Waals surface area contributed by atoms with Crippen molar-refractivity contribution in [3.8, 4) is 0 Å². The van der Waals surface area contributed by atoms with Crippen molar-refractivity contribution in [3.05, 3.63) is 71.8 Å². The summed E-state index contributed by atoms with van der Waals surface area (Å²) in [6, 6.07) is 20.3. The van der Waals surface area contributed by atoms with E-state index in [9.17, 15) is 4.79 Å². The van der Waals surface area contributed by atoms with Crippen molar-refractivity contribution in [1.29, 1.82) is 0 Å². The first kappa shape index (κ1) is 16.5. The lowest BCUT2D eigenvalue weighted by atomic mass is 10.0. The Kier molecular flexibility index (Phi) is 7.45. The molecule has 0 saturated heterocycles. The summed E-state index contributed by atoms with van der Waals surface area (Å²) >= 11 is 0. The lowest BCUT2D eigenvalue weighted by molar-refractivity contribution is 0.0979. The van der Waals surface area contributed by atoms with Gasteiger partial charge in [0.25, 0.3) is 0 Å². The van der Waals surface area contributed by atoms with Gasteiger partial charge in [-0.25, -0.2) is 0 Å². The smallest absolute Gasteiger partial charge is 0.162 e. The highest BCUT2D eigenvalue weighted by Gasteiger charge is 2.03. The number of carbonyl (C=O) groups excluding carboxylic acids is 1. The minimum Gasteiger partial charge on any atom is -0.294 e. The summed E-state index contributed by atoms with van der Waals surface area (Å²) in [6.07, 6.45) is 9.16. The Hall–Kier alpha value is -1.89. The molecule has 0 spiro atoms. The van der Waals surface area contributed by atoms with Gasteiger partial charge in [-0.3, -0.25) is 4.79 Å². The minimum atomic E-state index is 0.282. The van der Waals surface area contributed by atoms with Crippen molar-refractivity contribution < 1.29 is 4.79 Å². The van der Waals surface area contributed by atoms with E-state index < -0.39 is 0 Å². The Morgan fingerprint density at radius 1 is 0.636 bits per heavy atom. The van der Waals surface area contributed by atoms with E-state index in [2.05, 4.69) is 30.3 Å². The normalized spacial score (nSPS) is 10.5. The van der Waals surface area contributed by atoms with Crippen LogP contribution in [0.3, 0.4) is 0 Å². The van der Waals surface area contributed by atoms with Crippen molar-refractivity contribution in [1.82, 2.24) is 0 Å². The molecule has 116 valence electrons. The lowest BCUT2D eigenvalue weighted by Crippen LogP contribution is -1.98. The molecule has 22 heavy (non-hydrogen) atoms. The summed E-state index contributed by atoms with van der Waals surface area (Å²) in [5.74, 6) is 0.282. The van der Waals surface area contributed by atoms with Crippen LogP contribution in [-0.2, 0) is 6.42 Å². The first-order chi connectivity index (χ1) is 10.9. The number of hydrogen-bond donors (Lipinski definition) is 0. The largest absolute Gasteiger partial charge is 0.294 e. The summed E-state index contributed by atoms with van der Waals surface area (Å²) in [6.45, 7) is 0. The third-order valence-corrected chi connectivity index (χ3v) is 4.06. The van der Waals surface area contributed by atoms with Gasteiger partial charge in [-0.1, -0.05) is 86.3 Å². The number of carbonyl (C=O) groups is 1.